The van der Waals surface area contributed by atoms with Crippen molar-refractivity contribution in [3.05, 3.63) is 0 Å². The lowest BCUT2D eigenvalue weighted by Gasteiger charge is -2.23. The third kappa shape index (κ3) is 8.10. The first-order valence-electron chi connectivity index (χ1n) is 5.65. The van der Waals surface area contributed by atoms with E-state index < -0.39 is 0 Å². The molecule has 0 spiro atoms. The van der Waals surface area contributed by atoms with Gasteiger partial charge in [-0.25, -0.2) is 0 Å². The van der Waals surface area contributed by atoms with Crippen LogP contribution in [0.5, 0.6) is 0 Å². The van der Waals surface area contributed by atoms with E-state index in [4.69, 9.17) is 4.74 Å². The quantitative estimate of drug-likeness (QED) is 0.310. The first kappa shape index (κ1) is 15.2. The maximum atomic E-state index is 5.48. The Morgan fingerprint density at radius 1 is 1.33 bits per heavy atom. The summed E-state index contributed by atoms with van der Waals surface area (Å²) in [5.74, 6) is 7.12. The van der Waals surface area contributed by atoms with Crippen LogP contribution in [-0.4, -0.2) is 17.1 Å². The normalized spacial score (nSPS) is 14.5. The Labute approximate surface area is 108 Å². The third-order valence-corrected chi connectivity index (χ3v) is 3.05. The van der Waals surface area contributed by atoms with Gasteiger partial charge in [-0.1, -0.05) is 42.4 Å². The molecule has 0 aromatic heterocycles. The summed E-state index contributed by atoms with van der Waals surface area (Å²) in [6.45, 7) is 6.49. The van der Waals surface area contributed by atoms with Gasteiger partial charge in [-0.2, -0.15) is 0 Å². The minimum Gasteiger partial charge on any atom is -0.366 e. The highest BCUT2D eigenvalue weighted by molar-refractivity contribution is 14.1. The summed E-state index contributed by atoms with van der Waals surface area (Å²) in [5, 5.41) is 0. The SMILES string of the molecule is COC(C)(C#CCCCCI)CC(C)C. The minimum absolute atomic E-state index is 0.251. The zero-order valence-electron chi connectivity index (χ0n) is 10.4. The molecule has 1 unspecified atom stereocenters. The zero-order chi connectivity index (χ0) is 11.7. The van der Waals surface area contributed by atoms with Crippen molar-refractivity contribution in [3.8, 4) is 11.8 Å². The predicted octanol–water partition coefficient (Wildman–Crippen LogP) is 4.05. The van der Waals surface area contributed by atoms with Crippen LogP contribution in [-0.2, 0) is 4.74 Å². The van der Waals surface area contributed by atoms with Crippen molar-refractivity contribution < 1.29 is 4.74 Å². The standard InChI is InChI=1S/C13H23IO/c1-12(2)11-13(3,15-4)9-7-5-6-8-10-14/h12H,5-6,8,10-11H2,1-4H3. The number of alkyl halides is 1. The molecule has 0 aromatic rings. The van der Waals surface area contributed by atoms with Gasteiger partial charge in [0, 0.05) is 13.5 Å². The van der Waals surface area contributed by atoms with Crippen LogP contribution < -0.4 is 0 Å². The van der Waals surface area contributed by atoms with E-state index in [9.17, 15) is 0 Å². The zero-order valence-corrected chi connectivity index (χ0v) is 12.6. The maximum absolute atomic E-state index is 5.48. The molecule has 0 saturated heterocycles. The van der Waals surface area contributed by atoms with E-state index in [1.165, 1.54) is 17.3 Å². The smallest absolute Gasteiger partial charge is 0.125 e. The lowest BCUT2D eigenvalue weighted by atomic mass is 9.94. The van der Waals surface area contributed by atoms with Gasteiger partial charge in [0.1, 0.15) is 5.60 Å². The van der Waals surface area contributed by atoms with Crippen LogP contribution in [0.15, 0.2) is 0 Å². The highest BCUT2D eigenvalue weighted by atomic mass is 127. The van der Waals surface area contributed by atoms with Crippen molar-refractivity contribution in [1.82, 2.24) is 0 Å². The maximum Gasteiger partial charge on any atom is 0.125 e. The van der Waals surface area contributed by atoms with Crippen LogP contribution in [0.25, 0.3) is 0 Å². The van der Waals surface area contributed by atoms with Gasteiger partial charge in [0.05, 0.1) is 0 Å². The molecular formula is C13H23IO. The minimum atomic E-state index is -0.251. The molecule has 0 rings (SSSR count). The van der Waals surface area contributed by atoms with Gasteiger partial charge in [0.25, 0.3) is 0 Å². The molecule has 0 bridgehead atoms. The van der Waals surface area contributed by atoms with Crippen LogP contribution in [0.4, 0.5) is 0 Å². The van der Waals surface area contributed by atoms with Crippen LogP contribution in [0.1, 0.15) is 46.5 Å². The Bertz CT molecular complexity index is 214. The van der Waals surface area contributed by atoms with Crippen molar-refractivity contribution in [2.75, 3.05) is 11.5 Å². The van der Waals surface area contributed by atoms with E-state index in [1.54, 1.807) is 7.11 Å². The second-order valence-corrected chi connectivity index (χ2v) is 5.56. The van der Waals surface area contributed by atoms with E-state index in [2.05, 4.69) is 55.2 Å². The molecule has 0 aliphatic carbocycles. The predicted molar refractivity (Wildman–Crippen MR) is 75.4 cm³/mol. The average molecular weight is 322 g/mol. The molecule has 0 fully saturated rings. The number of methoxy groups -OCH3 is 1. The molecule has 0 saturated carbocycles. The van der Waals surface area contributed by atoms with Gasteiger partial charge in [0.2, 0.25) is 0 Å². The number of unbranched alkanes of at least 4 members (excludes halogenated alkanes) is 2. The Morgan fingerprint density at radius 2 is 2.00 bits per heavy atom. The summed E-state index contributed by atoms with van der Waals surface area (Å²) >= 11 is 2.41. The molecule has 2 heteroatoms. The Hall–Kier alpha value is 0.250. The van der Waals surface area contributed by atoms with Gasteiger partial charge >= 0.3 is 0 Å². The molecule has 1 nitrogen and oxygen atoms in total. The van der Waals surface area contributed by atoms with Crippen molar-refractivity contribution in [2.24, 2.45) is 5.92 Å². The molecule has 0 aromatic carbocycles. The summed E-state index contributed by atoms with van der Waals surface area (Å²) in [5.41, 5.74) is -0.251. The van der Waals surface area contributed by atoms with Crippen LogP contribution >= 0.6 is 22.6 Å². The molecule has 0 heterocycles. The second-order valence-electron chi connectivity index (χ2n) is 4.48. The van der Waals surface area contributed by atoms with Gasteiger partial charge in [-0.05, 0) is 36.5 Å². The topological polar surface area (TPSA) is 9.23 Å². The Morgan fingerprint density at radius 3 is 2.47 bits per heavy atom. The Kier molecular flexibility index (Phi) is 8.55. The van der Waals surface area contributed by atoms with Crippen molar-refractivity contribution in [3.63, 3.8) is 0 Å². The molecule has 0 aliphatic heterocycles. The number of hydrogen-bond donors (Lipinski definition) is 0. The van der Waals surface area contributed by atoms with E-state index >= 15 is 0 Å². The average Bonchev–Trinajstić information content (AvgIpc) is 2.16. The molecule has 15 heavy (non-hydrogen) atoms. The third-order valence-electron chi connectivity index (χ3n) is 2.29. The monoisotopic (exact) mass is 322 g/mol. The Balaban J connectivity index is 4.05. The first-order valence-corrected chi connectivity index (χ1v) is 7.18. The highest BCUT2D eigenvalue weighted by Crippen LogP contribution is 2.19. The largest absolute Gasteiger partial charge is 0.366 e. The first-order chi connectivity index (χ1) is 7.04. The van der Waals surface area contributed by atoms with Gasteiger partial charge in [0.15, 0.2) is 0 Å². The van der Waals surface area contributed by atoms with Gasteiger partial charge in [-0.3, -0.25) is 0 Å². The number of rotatable bonds is 6. The summed E-state index contributed by atoms with van der Waals surface area (Å²) in [4.78, 5) is 0. The van der Waals surface area contributed by atoms with Crippen molar-refractivity contribution >= 4 is 22.6 Å². The lowest BCUT2D eigenvalue weighted by molar-refractivity contribution is 0.0395. The van der Waals surface area contributed by atoms with Gasteiger partial charge < -0.3 is 4.74 Å². The van der Waals surface area contributed by atoms with E-state index in [0.29, 0.717) is 5.92 Å². The number of halogens is 1. The fourth-order valence-corrected chi connectivity index (χ4v) is 2.06. The van der Waals surface area contributed by atoms with Crippen LogP contribution in [0.3, 0.4) is 0 Å². The summed E-state index contributed by atoms with van der Waals surface area (Å²) in [6, 6.07) is 0. The fraction of sp³-hybridized carbons (Fsp3) is 0.846. The molecule has 88 valence electrons. The molecule has 0 amide bonds. The summed E-state index contributed by atoms with van der Waals surface area (Å²) < 4.78 is 6.71. The second kappa shape index (κ2) is 8.41. The molecule has 0 radical (unpaired) electrons. The van der Waals surface area contributed by atoms with Crippen LogP contribution in [0.2, 0.25) is 0 Å². The summed E-state index contributed by atoms with van der Waals surface area (Å²) in [7, 11) is 1.75. The highest BCUT2D eigenvalue weighted by Gasteiger charge is 2.21. The molecule has 1 atom stereocenters. The fourth-order valence-electron chi connectivity index (χ4n) is 1.52. The van der Waals surface area contributed by atoms with E-state index in [0.717, 1.165) is 12.8 Å². The lowest BCUT2D eigenvalue weighted by Crippen LogP contribution is -2.27. The molecular weight excluding hydrogens is 299 g/mol. The van der Waals surface area contributed by atoms with Crippen molar-refractivity contribution in [1.29, 1.82) is 0 Å². The number of ether oxygens (including phenoxy) is 1. The van der Waals surface area contributed by atoms with E-state index in [-0.39, 0.29) is 5.60 Å². The molecule has 0 N–H and O–H groups in total. The van der Waals surface area contributed by atoms with Crippen LogP contribution in [0, 0.1) is 17.8 Å². The molecule has 0 aliphatic rings. The van der Waals surface area contributed by atoms with Crippen molar-refractivity contribution in [2.45, 2.75) is 52.1 Å². The number of hydrogen-bond acceptors (Lipinski definition) is 1. The van der Waals surface area contributed by atoms with Gasteiger partial charge in [-0.15, -0.1) is 5.92 Å². The summed E-state index contributed by atoms with van der Waals surface area (Å²) in [6.07, 6.45) is 4.48. The van der Waals surface area contributed by atoms with E-state index in [1.807, 2.05) is 0 Å².